The van der Waals surface area contributed by atoms with Gasteiger partial charge in [-0.05, 0) is 24.6 Å². The Labute approximate surface area is 102 Å². The smallest absolute Gasteiger partial charge is 0.132 e. The molecule has 92 valence electrons. The van der Waals surface area contributed by atoms with Crippen molar-refractivity contribution >= 4 is 17.5 Å². The number of hydrogen-bond donors (Lipinski definition) is 1. The van der Waals surface area contributed by atoms with Gasteiger partial charge >= 0.3 is 0 Å². The van der Waals surface area contributed by atoms with Gasteiger partial charge in [-0.1, -0.05) is 24.3 Å². The van der Waals surface area contributed by atoms with E-state index in [2.05, 4.69) is 0 Å². The van der Waals surface area contributed by atoms with Crippen molar-refractivity contribution in [1.82, 2.24) is 0 Å². The van der Waals surface area contributed by atoms with Crippen molar-refractivity contribution in [1.29, 1.82) is 0 Å². The Balaban J connectivity index is 2.62. The Morgan fingerprint density at radius 3 is 2.41 bits per heavy atom. The Kier molecular flexibility index (Phi) is 4.91. The van der Waals surface area contributed by atoms with Gasteiger partial charge in [-0.15, -0.1) is 0 Å². The molecule has 1 aromatic rings. The molecule has 0 aliphatic heterocycles. The minimum Gasteiger partial charge on any atom is -0.389 e. The highest BCUT2D eigenvalue weighted by Crippen LogP contribution is 2.13. The van der Waals surface area contributed by atoms with E-state index in [9.17, 15) is 9.90 Å². The van der Waals surface area contributed by atoms with Crippen molar-refractivity contribution in [3.8, 4) is 0 Å². The molecule has 0 bridgehead atoms. The van der Waals surface area contributed by atoms with Crippen LogP contribution in [0.25, 0.3) is 6.08 Å². The van der Waals surface area contributed by atoms with E-state index in [-0.39, 0.29) is 12.2 Å². The third-order valence-corrected chi connectivity index (χ3v) is 2.42. The molecule has 17 heavy (non-hydrogen) atoms. The summed E-state index contributed by atoms with van der Waals surface area (Å²) in [5.74, 6) is -0.00916. The predicted molar refractivity (Wildman–Crippen MR) is 71.1 cm³/mol. The van der Waals surface area contributed by atoms with Gasteiger partial charge in [0.05, 0.1) is 6.10 Å². The molecule has 0 aliphatic rings. The molecule has 1 aromatic carbocycles. The van der Waals surface area contributed by atoms with Gasteiger partial charge in [-0.3, -0.25) is 4.79 Å². The van der Waals surface area contributed by atoms with Crippen molar-refractivity contribution in [2.45, 2.75) is 19.4 Å². The number of anilines is 1. The van der Waals surface area contributed by atoms with Crippen LogP contribution in [0.3, 0.4) is 0 Å². The molecule has 3 heteroatoms. The van der Waals surface area contributed by atoms with Crippen molar-refractivity contribution in [3.63, 3.8) is 0 Å². The summed E-state index contributed by atoms with van der Waals surface area (Å²) < 4.78 is 0. The number of Topliss-reactive ketones (excluding diaryl/α,β-unsaturated/α-hetero) is 1. The number of hydrogen-bond acceptors (Lipinski definition) is 3. The Bertz CT molecular complexity index is 393. The van der Waals surface area contributed by atoms with Crippen molar-refractivity contribution in [2.75, 3.05) is 19.0 Å². The van der Waals surface area contributed by atoms with Gasteiger partial charge in [0, 0.05) is 26.2 Å². The third-order valence-electron chi connectivity index (χ3n) is 2.42. The van der Waals surface area contributed by atoms with Crippen LogP contribution in [0, 0.1) is 0 Å². The number of aliphatic hydroxyl groups excluding tert-OH is 1. The number of carbonyl (C=O) groups is 1. The second-order valence-corrected chi connectivity index (χ2v) is 4.32. The maximum Gasteiger partial charge on any atom is 0.132 e. The van der Waals surface area contributed by atoms with Gasteiger partial charge in [0.1, 0.15) is 5.78 Å². The molecule has 0 spiro atoms. The number of benzene rings is 1. The molecule has 0 amide bonds. The van der Waals surface area contributed by atoms with Crippen LogP contribution in [-0.2, 0) is 4.79 Å². The first-order valence-electron chi connectivity index (χ1n) is 5.62. The summed E-state index contributed by atoms with van der Waals surface area (Å²) in [5.41, 5.74) is 2.14. The van der Waals surface area contributed by atoms with Gasteiger partial charge in [-0.25, -0.2) is 0 Å². The topological polar surface area (TPSA) is 40.5 Å². The molecule has 0 heterocycles. The van der Waals surface area contributed by atoms with Gasteiger partial charge in [-0.2, -0.15) is 0 Å². The number of rotatable bonds is 5. The van der Waals surface area contributed by atoms with E-state index in [4.69, 9.17) is 0 Å². The fourth-order valence-electron chi connectivity index (χ4n) is 1.47. The van der Waals surface area contributed by atoms with Gasteiger partial charge < -0.3 is 10.0 Å². The summed E-state index contributed by atoms with van der Waals surface area (Å²) in [6, 6.07) is 7.98. The SMILES string of the molecule is CC(=O)C[C@H](O)C=Cc1ccc(N(C)C)cc1. The highest BCUT2D eigenvalue weighted by Gasteiger charge is 2.02. The molecule has 1 rings (SSSR count). The van der Waals surface area contributed by atoms with Gasteiger partial charge in [0.25, 0.3) is 0 Å². The second kappa shape index (κ2) is 6.21. The average Bonchev–Trinajstić information content (AvgIpc) is 2.26. The number of carbonyl (C=O) groups excluding carboxylic acids is 1. The molecule has 0 aliphatic carbocycles. The molecule has 0 aromatic heterocycles. The number of ketones is 1. The predicted octanol–water partition coefficient (Wildman–Crippen LogP) is 2.11. The molecule has 0 unspecified atom stereocenters. The van der Waals surface area contributed by atoms with E-state index in [1.54, 1.807) is 6.08 Å². The normalized spacial score (nSPS) is 12.7. The molecule has 0 radical (unpaired) electrons. The summed E-state index contributed by atoms with van der Waals surface area (Å²) in [6.45, 7) is 1.48. The fourth-order valence-corrected chi connectivity index (χ4v) is 1.47. The van der Waals surface area contributed by atoms with E-state index in [0.717, 1.165) is 11.3 Å². The third kappa shape index (κ3) is 4.83. The first-order valence-corrected chi connectivity index (χ1v) is 5.62. The maximum atomic E-state index is 10.8. The second-order valence-electron chi connectivity index (χ2n) is 4.32. The minimum atomic E-state index is -0.693. The van der Waals surface area contributed by atoms with Crippen LogP contribution in [0.4, 0.5) is 5.69 Å². The molecule has 1 atom stereocenters. The van der Waals surface area contributed by atoms with Crippen LogP contribution in [0.5, 0.6) is 0 Å². The standard InChI is InChI=1S/C14H19NO2/c1-11(16)10-14(17)9-6-12-4-7-13(8-5-12)15(2)3/h4-9,14,17H,10H2,1-3H3/t14-/m1/s1. The van der Waals surface area contributed by atoms with Crippen LogP contribution in [0.2, 0.25) is 0 Å². The quantitative estimate of drug-likeness (QED) is 0.846. The molecule has 0 fully saturated rings. The molecular formula is C14H19NO2. The van der Waals surface area contributed by atoms with Crippen LogP contribution in [-0.4, -0.2) is 31.1 Å². The highest BCUT2D eigenvalue weighted by atomic mass is 16.3. The Hall–Kier alpha value is -1.61. The minimum absolute atomic E-state index is 0.00916. The molecule has 0 saturated heterocycles. The lowest BCUT2D eigenvalue weighted by atomic mass is 10.1. The van der Waals surface area contributed by atoms with E-state index in [0.29, 0.717) is 0 Å². The van der Waals surface area contributed by atoms with Gasteiger partial charge in [0.15, 0.2) is 0 Å². The fraction of sp³-hybridized carbons (Fsp3) is 0.357. The molecular weight excluding hydrogens is 214 g/mol. The van der Waals surface area contributed by atoms with E-state index >= 15 is 0 Å². The van der Waals surface area contributed by atoms with Crippen molar-refractivity contribution < 1.29 is 9.90 Å². The summed E-state index contributed by atoms with van der Waals surface area (Å²) in [7, 11) is 3.98. The Morgan fingerprint density at radius 2 is 1.94 bits per heavy atom. The van der Waals surface area contributed by atoms with E-state index < -0.39 is 6.10 Å². The van der Waals surface area contributed by atoms with Gasteiger partial charge in [0.2, 0.25) is 0 Å². The lowest BCUT2D eigenvalue weighted by molar-refractivity contribution is -0.118. The lowest BCUT2D eigenvalue weighted by Crippen LogP contribution is -2.08. The van der Waals surface area contributed by atoms with Crippen molar-refractivity contribution in [2.24, 2.45) is 0 Å². The molecule has 0 saturated carbocycles. The van der Waals surface area contributed by atoms with E-state index in [1.165, 1.54) is 6.92 Å². The van der Waals surface area contributed by atoms with E-state index in [1.807, 2.05) is 49.3 Å². The van der Waals surface area contributed by atoms with Crippen LogP contribution >= 0.6 is 0 Å². The van der Waals surface area contributed by atoms with Crippen molar-refractivity contribution in [3.05, 3.63) is 35.9 Å². The zero-order chi connectivity index (χ0) is 12.8. The summed E-state index contributed by atoms with van der Waals surface area (Å²) in [4.78, 5) is 12.8. The first kappa shape index (κ1) is 13.5. The summed E-state index contributed by atoms with van der Waals surface area (Å²) in [6.07, 6.45) is 2.95. The number of aliphatic hydroxyl groups is 1. The molecule has 1 N–H and O–H groups in total. The summed E-state index contributed by atoms with van der Waals surface area (Å²) in [5, 5.41) is 9.51. The average molecular weight is 233 g/mol. The van der Waals surface area contributed by atoms with Crippen LogP contribution < -0.4 is 4.90 Å². The number of nitrogens with zero attached hydrogens (tertiary/aromatic N) is 1. The first-order chi connectivity index (χ1) is 7.99. The highest BCUT2D eigenvalue weighted by molar-refractivity contribution is 5.76. The largest absolute Gasteiger partial charge is 0.389 e. The van der Waals surface area contributed by atoms with Crippen LogP contribution in [0.15, 0.2) is 30.3 Å². The summed E-state index contributed by atoms with van der Waals surface area (Å²) >= 11 is 0. The maximum absolute atomic E-state index is 10.8. The zero-order valence-corrected chi connectivity index (χ0v) is 10.6. The monoisotopic (exact) mass is 233 g/mol. The lowest BCUT2D eigenvalue weighted by Gasteiger charge is -2.11. The molecule has 3 nitrogen and oxygen atoms in total. The van der Waals surface area contributed by atoms with Crippen LogP contribution in [0.1, 0.15) is 18.9 Å². The Morgan fingerprint density at radius 1 is 1.35 bits per heavy atom. The zero-order valence-electron chi connectivity index (χ0n) is 10.6.